The Balaban J connectivity index is 2.33. The second-order valence-corrected chi connectivity index (χ2v) is 3.54. The molecule has 0 saturated heterocycles. The lowest BCUT2D eigenvalue weighted by atomic mass is 10.3. The molecule has 0 aliphatic rings. The molecule has 78 valence electrons. The zero-order valence-electron chi connectivity index (χ0n) is 8.70. The van der Waals surface area contributed by atoms with Gasteiger partial charge in [0.15, 0.2) is 0 Å². The maximum atomic E-state index is 7.11. The molecule has 0 spiro atoms. The molecule has 0 unspecified atom stereocenters. The lowest BCUT2D eigenvalue weighted by Crippen LogP contribution is -2.23. The van der Waals surface area contributed by atoms with Crippen molar-refractivity contribution in [1.82, 2.24) is 14.7 Å². The third kappa shape index (κ3) is 3.57. The van der Waals surface area contributed by atoms with E-state index in [0.29, 0.717) is 6.42 Å². The summed E-state index contributed by atoms with van der Waals surface area (Å²) in [7, 11) is 3.91. The molecular weight excluding hydrogens is 178 g/mol. The highest BCUT2D eigenvalue weighted by molar-refractivity contribution is 5.76. The molecule has 5 nitrogen and oxygen atoms in total. The second-order valence-electron chi connectivity index (χ2n) is 3.54. The van der Waals surface area contributed by atoms with E-state index >= 15 is 0 Å². The van der Waals surface area contributed by atoms with Gasteiger partial charge in [0.1, 0.15) is 0 Å². The van der Waals surface area contributed by atoms with E-state index in [1.54, 1.807) is 4.68 Å². The van der Waals surface area contributed by atoms with Gasteiger partial charge in [-0.2, -0.15) is 5.10 Å². The first-order valence-electron chi connectivity index (χ1n) is 4.57. The van der Waals surface area contributed by atoms with Crippen LogP contribution in [0.3, 0.4) is 0 Å². The summed E-state index contributed by atoms with van der Waals surface area (Å²) in [5.74, 6) is 0.239. The molecule has 1 aromatic rings. The van der Waals surface area contributed by atoms with E-state index < -0.39 is 0 Å². The highest BCUT2D eigenvalue weighted by atomic mass is 15.2. The average Bonchev–Trinajstić information content (AvgIpc) is 2.48. The van der Waals surface area contributed by atoms with Gasteiger partial charge in [0.05, 0.1) is 12.0 Å². The van der Waals surface area contributed by atoms with Gasteiger partial charge in [-0.15, -0.1) is 0 Å². The minimum absolute atomic E-state index is 0.239. The van der Waals surface area contributed by atoms with Crippen LogP contribution >= 0.6 is 0 Å². The summed E-state index contributed by atoms with van der Waals surface area (Å²) in [6, 6.07) is 0. The number of rotatable bonds is 5. The van der Waals surface area contributed by atoms with Crippen molar-refractivity contribution in [3.63, 3.8) is 0 Å². The maximum Gasteiger partial charge on any atom is 0.0918 e. The third-order valence-corrected chi connectivity index (χ3v) is 1.97. The zero-order valence-corrected chi connectivity index (χ0v) is 8.70. The van der Waals surface area contributed by atoms with Crippen LogP contribution in [0.2, 0.25) is 0 Å². The van der Waals surface area contributed by atoms with Crippen LogP contribution in [0.1, 0.15) is 12.0 Å². The molecule has 1 aromatic heterocycles. The zero-order chi connectivity index (χ0) is 10.6. The van der Waals surface area contributed by atoms with Crippen molar-refractivity contribution >= 4 is 5.84 Å². The SMILES string of the molecule is CN(CCC(=N)N)Cc1cnn(C)c1. The molecule has 0 atom stereocenters. The van der Waals surface area contributed by atoms with Crippen molar-refractivity contribution in [3.8, 4) is 0 Å². The Hall–Kier alpha value is -1.36. The fourth-order valence-corrected chi connectivity index (χ4v) is 1.26. The molecule has 0 aliphatic carbocycles. The van der Waals surface area contributed by atoms with Gasteiger partial charge in [0.2, 0.25) is 0 Å². The van der Waals surface area contributed by atoms with Crippen molar-refractivity contribution in [2.24, 2.45) is 12.8 Å². The minimum atomic E-state index is 0.239. The van der Waals surface area contributed by atoms with Gasteiger partial charge in [-0.25, -0.2) is 0 Å². The normalized spacial score (nSPS) is 10.8. The minimum Gasteiger partial charge on any atom is -0.388 e. The molecule has 1 heterocycles. The molecule has 0 fully saturated rings. The van der Waals surface area contributed by atoms with Crippen LogP contribution in [0.4, 0.5) is 0 Å². The van der Waals surface area contributed by atoms with Gasteiger partial charge in [0.25, 0.3) is 0 Å². The monoisotopic (exact) mass is 195 g/mol. The predicted octanol–water partition coefficient (Wildman–Crippen LogP) is 0.178. The number of hydrogen-bond acceptors (Lipinski definition) is 3. The van der Waals surface area contributed by atoms with Crippen LogP contribution in [-0.4, -0.2) is 34.1 Å². The summed E-state index contributed by atoms with van der Waals surface area (Å²) in [5, 5.41) is 11.2. The Morgan fingerprint density at radius 1 is 1.71 bits per heavy atom. The summed E-state index contributed by atoms with van der Waals surface area (Å²) in [6.07, 6.45) is 4.46. The molecule has 0 saturated carbocycles. The lowest BCUT2D eigenvalue weighted by Gasteiger charge is -2.14. The first-order chi connectivity index (χ1) is 6.58. The smallest absolute Gasteiger partial charge is 0.0918 e. The van der Waals surface area contributed by atoms with Crippen LogP contribution in [0.5, 0.6) is 0 Å². The lowest BCUT2D eigenvalue weighted by molar-refractivity contribution is 0.336. The Morgan fingerprint density at radius 3 is 2.93 bits per heavy atom. The van der Waals surface area contributed by atoms with E-state index in [0.717, 1.165) is 13.1 Å². The third-order valence-electron chi connectivity index (χ3n) is 1.97. The molecule has 14 heavy (non-hydrogen) atoms. The van der Waals surface area contributed by atoms with Crippen LogP contribution in [0, 0.1) is 5.41 Å². The van der Waals surface area contributed by atoms with Gasteiger partial charge in [-0.3, -0.25) is 10.1 Å². The molecule has 5 heteroatoms. The molecule has 0 bridgehead atoms. The number of hydrogen-bond donors (Lipinski definition) is 2. The molecule has 3 N–H and O–H groups in total. The Bertz CT molecular complexity index is 304. The number of amidine groups is 1. The second kappa shape index (κ2) is 4.76. The summed E-state index contributed by atoms with van der Waals surface area (Å²) >= 11 is 0. The van der Waals surface area contributed by atoms with E-state index in [1.807, 2.05) is 26.5 Å². The van der Waals surface area contributed by atoms with Gasteiger partial charge < -0.3 is 10.6 Å². The molecular formula is C9H17N5. The summed E-state index contributed by atoms with van der Waals surface area (Å²) in [4.78, 5) is 2.12. The number of nitrogens with zero attached hydrogens (tertiary/aromatic N) is 3. The number of aromatic nitrogens is 2. The quantitative estimate of drug-likeness (QED) is 0.520. The van der Waals surface area contributed by atoms with E-state index in [-0.39, 0.29) is 5.84 Å². The largest absolute Gasteiger partial charge is 0.388 e. The van der Waals surface area contributed by atoms with E-state index in [2.05, 4.69) is 10.00 Å². The van der Waals surface area contributed by atoms with Crippen molar-refractivity contribution in [1.29, 1.82) is 5.41 Å². The summed E-state index contributed by atoms with van der Waals surface area (Å²) in [5.41, 5.74) is 6.46. The van der Waals surface area contributed by atoms with Gasteiger partial charge in [-0.1, -0.05) is 0 Å². The van der Waals surface area contributed by atoms with E-state index in [9.17, 15) is 0 Å². The van der Waals surface area contributed by atoms with Crippen molar-refractivity contribution in [3.05, 3.63) is 18.0 Å². The first-order valence-corrected chi connectivity index (χ1v) is 4.57. The maximum absolute atomic E-state index is 7.11. The highest BCUT2D eigenvalue weighted by Crippen LogP contribution is 2.01. The Kier molecular flexibility index (Phi) is 3.64. The van der Waals surface area contributed by atoms with Crippen molar-refractivity contribution in [2.75, 3.05) is 13.6 Å². The van der Waals surface area contributed by atoms with Crippen molar-refractivity contribution < 1.29 is 0 Å². The fourth-order valence-electron chi connectivity index (χ4n) is 1.26. The van der Waals surface area contributed by atoms with Gasteiger partial charge >= 0.3 is 0 Å². The molecule has 1 rings (SSSR count). The van der Waals surface area contributed by atoms with Crippen LogP contribution in [0.25, 0.3) is 0 Å². The topological polar surface area (TPSA) is 70.9 Å². The van der Waals surface area contributed by atoms with E-state index in [1.165, 1.54) is 5.56 Å². The number of nitrogens with one attached hydrogen (secondary N) is 1. The number of aryl methyl sites for hydroxylation is 1. The standard InChI is InChI=1S/C9H17N5/c1-13(4-3-9(10)11)6-8-5-12-14(2)7-8/h5,7H,3-4,6H2,1-2H3,(H3,10,11). The number of nitrogens with two attached hydrogens (primary N) is 1. The summed E-state index contributed by atoms with van der Waals surface area (Å²) in [6.45, 7) is 1.66. The van der Waals surface area contributed by atoms with E-state index in [4.69, 9.17) is 11.1 Å². The molecule has 0 amide bonds. The molecule has 0 aromatic carbocycles. The van der Waals surface area contributed by atoms with Gasteiger partial charge in [0, 0.05) is 38.3 Å². The average molecular weight is 195 g/mol. The Morgan fingerprint density at radius 2 is 2.43 bits per heavy atom. The fraction of sp³-hybridized carbons (Fsp3) is 0.556. The Labute approximate surface area is 84.0 Å². The highest BCUT2D eigenvalue weighted by Gasteiger charge is 2.02. The predicted molar refractivity (Wildman–Crippen MR) is 56.1 cm³/mol. The summed E-state index contributed by atoms with van der Waals surface area (Å²) < 4.78 is 1.79. The van der Waals surface area contributed by atoms with Gasteiger partial charge in [-0.05, 0) is 7.05 Å². The molecule has 0 aliphatic heterocycles. The van der Waals surface area contributed by atoms with Crippen LogP contribution in [-0.2, 0) is 13.6 Å². The van der Waals surface area contributed by atoms with Crippen molar-refractivity contribution in [2.45, 2.75) is 13.0 Å². The van der Waals surface area contributed by atoms with Crippen LogP contribution in [0.15, 0.2) is 12.4 Å². The first kappa shape index (κ1) is 10.7. The van der Waals surface area contributed by atoms with Crippen LogP contribution < -0.4 is 5.73 Å². The molecule has 0 radical (unpaired) electrons.